The summed E-state index contributed by atoms with van der Waals surface area (Å²) in [6, 6.07) is 7.28. The number of esters is 1. The van der Waals surface area contributed by atoms with Crippen molar-refractivity contribution >= 4 is 5.97 Å². The Morgan fingerprint density at radius 3 is 2.50 bits per heavy atom. The second-order valence-electron chi connectivity index (χ2n) is 5.98. The number of hydrogen-bond acceptors (Lipinski definition) is 4. The normalized spacial score (nSPS) is 17.0. The first kappa shape index (κ1) is 16.8. The molecule has 1 aromatic rings. The summed E-state index contributed by atoms with van der Waals surface area (Å²) in [5.74, 6) is 1.74. The van der Waals surface area contributed by atoms with Gasteiger partial charge in [-0.2, -0.15) is 0 Å². The van der Waals surface area contributed by atoms with Gasteiger partial charge in [-0.3, -0.25) is 4.79 Å². The van der Waals surface area contributed by atoms with E-state index in [4.69, 9.17) is 14.2 Å². The molecule has 1 aliphatic rings. The van der Waals surface area contributed by atoms with Gasteiger partial charge in [-0.15, -0.1) is 0 Å². The summed E-state index contributed by atoms with van der Waals surface area (Å²) in [6.07, 6.45) is 3.83. The van der Waals surface area contributed by atoms with Gasteiger partial charge in [-0.05, 0) is 49.4 Å². The largest absolute Gasteiger partial charge is 0.493 e. The summed E-state index contributed by atoms with van der Waals surface area (Å²) < 4.78 is 16.4. The third-order valence-corrected chi connectivity index (χ3v) is 3.91. The van der Waals surface area contributed by atoms with Gasteiger partial charge in [0.1, 0.15) is 11.5 Å². The molecule has 2 rings (SSSR count). The highest BCUT2D eigenvalue weighted by molar-refractivity contribution is 5.75. The molecule has 4 nitrogen and oxygen atoms in total. The van der Waals surface area contributed by atoms with Crippen molar-refractivity contribution in [3.63, 3.8) is 0 Å². The minimum absolute atomic E-state index is 0.0421. The maximum atomic E-state index is 12.0. The van der Waals surface area contributed by atoms with Crippen LogP contribution in [0.15, 0.2) is 24.3 Å². The zero-order chi connectivity index (χ0) is 15.8. The van der Waals surface area contributed by atoms with Gasteiger partial charge in [0.15, 0.2) is 0 Å². The minimum atomic E-state index is -0.159. The quantitative estimate of drug-likeness (QED) is 0.567. The molecule has 1 atom stereocenters. The first-order valence-corrected chi connectivity index (χ1v) is 8.21. The molecule has 1 fully saturated rings. The average Bonchev–Trinajstić information content (AvgIpc) is 2.55. The minimum Gasteiger partial charge on any atom is -0.493 e. The molecule has 1 aromatic carbocycles. The fraction of sp³-hybridized carbons (Fsp3) is 0.611. The van der Waals surface area contributed by atoms with Gasteiger partial charge in [0.05, 0.1) is 12.5 Å². The standard InChI is InChI=1S/C18H26O4/c1-3-4-14(2)13-21-16-5-7-17(8-6-16)22-18(19)15-9-11-20-12-10-15/h5-8,14-15H,3-4,9-13H2,1-2H3. The molecule has 22 heavy (non-hydrogen) atoms. The van der Waals surface area contributed by atoms with Crippen molar-refractivity contribution in [2.24, 2.45) is 11.8 Å². The van der Waals surface area contributed by atoms with Gasteiger partial charge in [0.25, 0.3) is 0 Å². The van der Waals surface area contributed by atoms with Crippen LogP contribution in [-0.4, -0.2) is 25.8 Å². The number of benzene rings is 1. The number of ether oxygens (including phenoxy) is 3. The summed E-state index contributed by atoms with van der Waals surface area (Å²) in [5, 5.41) is 0. The number of carbonyl (C=O) groups excluding carboxylic acids is 1. The lowest BCUT2D eigenvalue weighted by atomic mass is 10.0. The van der Waals surface area contributed by atoms with E-state index in [2.05, 4.69) is 13.8 Å². The molecule has 0 amide bonds. The highest BCUT2D eigenvalue weighted by atomic mass is 16.5. The second-order valence-corrected chi connectivity index (χ2v) is 5.98. The van der Waals surface area contributed by atoms with E-state index in [9.17, 15) is 4.79 Å². The molecule has 1 saturated heterocycles. The lowest BCUT2D eigenvalue weighted by molar-refractivity contribution is -0.142. The van der Waals surface area contributed by atoms with Crippen LogP contribution >= 0.6 is 0 Å². The molecule has 0 saturated carbocycles. The highest BCUT2D eigenvalue weighted by Gasteiger charge is 2.23. The molecular weight excluding hydrogens is 280 g/mol. The molecule has 0 aromatic heterocycles. The highest BCUT2D eigenvalue weighted by Crippen LogP contribution is 2.22. The Labute approximate surface area is 132 Å². The van der Waals surface area contributed by atoms with Crippen molar-refractivity contribution in [1.29, 1.82) is 0 Å². The third-order valence-electron chi connectivity index (χ3n) is 3.91. The van der Waals surface area contributed by atoms with E-state index in [0.717, 1.165) is 25.2 Å². The van der Waals surface area contributed by atoms with Crippen LogP contribution in [0, 0.1) is 11.8 Å². The second kappa shape index (κ2) is 8.79. The SMILES string of the molecule is CCCC(C)COc1ccc(OC(=O)C2CCOCC2)cc1. The van der Waals surface area contributed by atoms with E-state index in [0.29, 0.717) is 24.9 Å². The van der Waals surface area contributed by atoms with Gasteiger partial charge in [0, 0.05) is 13.2 Å². The molecule has 4 heteroatoms. The van der Waals surface area contributed by atoms with E-state index < -0.39 is 0 Å². The fourth-order valence-electron chi connectivity index (χ4n) is 2.55. The third kappa shape index (κ3) is 5.34. The molecule has 0 N–H and O–H groups in total. The Balaban J connectivity index is 1.79. The van der Waals surface area contributed by atoms with Crippen molar-refractivity contribution in [3.05, 3.63) is 24.3 Å². The Hall–Kier alpha value is -1.55. The first-order valence-electron chi connectivity index (χ1n) is 8.21. The Morgan fingerprint density at radius 2 is 1.86 bits per heavy atom. The maximum absolute atomic E-state index is 12.0. The molecule has 0 aliphatic carbocycles. The topological polar surface area (TPSA) is 44.8 Å². The van der Waals surface area contributed by atoms with Crippen molar-refractivity contribution in [1.82, 2.24) is 0 Å². The Bertz CT molecular complexity index is 449. The predicted molar refractivity (Wildman–Crippen MR) is 85.2 cm³/mol. The average molecular weight is 306 g/mol. The van der Waals surface area contributed by atoms with Gasteiger partial charge < -0.3 is 14.2 Å². The van der Waals surface area contributed by atoms with Gasteiger partial charge in [-0.1, -0.05) is 20.3 Å². The molecule has 1 aliphatic heterocycles. The monoisotopic (exact) mass is 306 g/mol. The van der Waals surface area contributed by atoms with Crippen LogP contribution in [-0.2, 0) is 9.53 Å². The van der Waals surface area contributed by atoms with Crippen molar-refractivity contribution in [2.45, 2.75) is 39.5 Å². The van der Waals surface area contributed by atoms with Gasteiger partial charge >= 0.3 is 5.97 Å². The van der Waals surface area contributed by atoms with E-state index in [1.807, 2.05) is 12.1 Å². The lowest BCUT2D eigenvalue weighted by Gasteiger charge is -2.20. The molecular formula is C18H26O4. The molecule has 0 spiro atoms. The molecule has 0 radical (unpaired) electrons. The molecule has 1 heterocycles. The number of rotatable bonds is 7. The van der Waals surface area contributed by atoms with E-state index in [1.54, 1.807) is 12.1 Å². The lowest BCUT2D eigenvalue weighted by Crippen LogP contribution is -2.27. The zero-order valence-electron chi connectivity index (χ0n) is 13.5. The summed E-state index contributed by atoms with van der Waals surface area (Å²) in [6.45, 7) is 6.37. The maximum Gasteiger partial charge on any atom is 0.314 e. The summed E-state index contributed by atoms with van der Waals surface area (Å²) in [4.78, 5) is 12.0. The van der Waals surface area contributed by atoms with Crippen LogP contribution in [0.1, 0.15) is 39.5 Å². The van der Waals surface area contributed by atoms with Crippen molar-refractivity contribution in [3.8, 4) is 11.5 Å². The van der Waals surface area contributed by atoms with Crippen molar-refractivity contribution in [2.75, 3.05) is 19.8 Å². The number of hydrogen-bond donors (Lipinski definition) is 0. The van der Waals surface area contributed by atoms with Crippen LogP contribution in [0.3, 0.4) is 0 Å². The zero-order valence-corrected chi connectivity index (χ0v) is 13.5. The van der Waals surface area contributed by atoms with E-state index in [-0.39, 0.29) is 11.9 Å². The van der Waals surface area contributed by atoms with Crippen molar-refractivity contribution < 1.29 is 19.0 Å². The molecule has 0 bridgehead atoms. The van der Waals surface area contributed by atoms with Crippen LogP contribution in [0.5, 0.6) is 11.5 Å². The van der Waals surface area contributed by atoms with E-state index in [1.165, 1.54) is 12.8 Å². The Morgan fingerprint density at radius 1 is 1.23 bits per heavy atom. The van der Waals surface area contributed by atoms with Crippen LogP contribution in [0.2, 0.25) is 0 Å². The Kier molecular flexibility index (Phi) is 6.72. The predicted octanol–water partition coefficient (Wildman–Crippen LogP) is 3.83. The fourth-order valence-corrected chi connectivity index (χ4v) is 2.55. The smallest absolute Gasteiger partial charge is 0.314 e. The molecule has 1 unspecified atom stereocenters. The summed E-state index contributed by atoms with van der Waals surface area (Å²) in [5.41, 5.74) is 0. The molecule has 122 valence electrons. The van der Waals surface area contributed by atoms with Gasteiger partial charge in [0.2, 0.25) is 0 Å². The van der Waals surface area contributed by atoms with Crippen LogP contribution in [0.4, 0.5) is 0 Å². The number of carbonyl (C=O) groups is 1. The first-order chi connectivity index (χ1) is 10.7. The van der Waals surface area contributed by atoms with E-state index >= 15 is 0 Å². The van der Waals surface area contributed by atoms with Crippen LogP contribution < -0.4 is 9.47 Å². The summed E-state index contributed by atoms with van der Waals surface area (Å²) >= 11 is 0. The summed E-state index contributed by atoms with van der Waals surface area (Å²) in [7, 11) is 0. The van der Waals surface area contributed by atoms with Gasteiger partial charge in [-0.25, -0.2) is 0 Å². The van der Waals surface area contributed by atoms with Crippen LogP contribution in [0.25, 0.3) is 0 Å².